The summed E-state index contributed by atoms with van der Waals surface area (Å²) < 4.78 is 5.17. The van der Waals surface area contributed by atoms with Crippen LogP contribution in [-0.2, 0) is 9.53 Å². The molecule has 7 nitrogen and oxygen atoms in total. The molecule has 0 aliphatic carbocycles. The second-order valence-electron chi connectivity index (χ2n) is 3.54. The quantitative estimate of drug-likeness (QED) is 0.442. The van der Waals surface area contributed by atoms with E-state index in [4.69, 9.17) is 21.6 Å². The first-order valence-corrected chi connectivity index (χ1v) is 6.10. The third-order valence-electron chi connectivity index (χ3n) is 2.19. The van der Waals surface area contributed by atoms with E-state index in [0.717, 1.165) is 11.8 Å². The number of ether oxygens (including phenoxy) is 1. The zero-order chi connectivity index (χ0) is 12.8. The van der Waals surface area contributed by atoms with Gasteiger partial charge in [-0.2, -0.15) is 4.99 Å². The maximum absolute atomic E-state index is 12.0. The number of thioether (sulfide) groups is 1. The highest BCUT2D eigenvalue weighted by atomic mass is 32.2. The van der Waals surface area contributed by atoms with Crippen LogP contribution in [0.15, 0.2) is 4.99 Å². The van der Waals surface area contributed by atoms with Crippen LogP contribution >= 0.6 is 11.8 Å². The van der Waals surface area contributed by atoms with Gasteiger partial charge in [0.05, 0.1) is 18.5 Å². The fourth-order valence-corrected chi connectivity index (χ4v) is 2.15. The molecular weight excluding hydrogens is 242 g/mol. The SMILES string of the molecule is CC(SC(=N)N=C(N)N)C(=O)N1CCOCC1. The highest BCUT2D eigenvalue weighted by molar-refractivity contribution is 8.14. The number of morpholine rings is 1. The molecule has 1 aliphatic heterocycles. The van der Waals surface area contributed by atoms with Crippen LogP contribution in [0.1, 0.15) is 6.92 Å². The van der Waals surface area contributed by atoms with E-state index in [9.17, 15) is 4.79 Å². The number of amides is 1. The lowest BCUT2D eigenvalue weighted by Crippen LogP contribution is -2.44. The molecule has 17 heavy (non-hydrogen) atoms. The monoisotopic (exact) mass is 259 g/mol. The van der Waals surface area contributed by atoms with Crippen molar-refractivity contribution < 1.29 is 9.53 Å². The Labute approximate surface area is 104 Å². The predicted octanol–water partition coefficient (Wildman–Crippen LogP) is -0.825. The molecule has 0 radical (unpaired) electrons. The number of aliphatic imine (C=N–C) groups is 1. The third-order valence-corrected chi connectivity index (χ3v) is 3.06. The summed E-state index contributed by atoms with van der Waals surface area (Å²) in [6.45, 7) is 4.06. The number of hydrogen-bond acceptors (Lipinski definition) is 4. The number of nitrogens with one attached hydrogen (secondary N) is 1. The average molecular weight is 259 g/mol. The van der Waals surface area contributed by atoms with E-state index in [1.807, 2.05) is 0 Å². The number of nitrogens with two attached hydrogens (primary N) is 2. The molecule has 1 aliphatic rings. The summed E-state index contributed by atoms with van der Waals surface area (Å²) in [4.78, 5) is 17.3. The molecule has 1 saturated heterocycles. The maximum atomic E-state index is 12.0. The molecule has 0 aromatic carbocycles. The molecule has 1 heterocycles. The van der Waals surface area contributed by atoms with E-state index in [2.05, 4.69) is 4.99 Å². The van der Waals surface area contributed by atoms with Gasteiger partial charge in [-0.05, 0) is 6.92 Å². The van der Waals surface area contributed by atoms with Gasteiger partial charge in [0.15, 0.2) is 11.1 Å². The molecule has 1 amide bonds. The Hall–Kier alpha value is -1.28. The van der Waals surface area contributed by atoms with Gasteiger partial charge in [0.2, 0.25) is 5.91 Å². The number of rotatable bonds is 2. The average Bonchev–Trinajstić information content (AvgIpc) is 2.28. The molecule has 1 rings (SSSR count). The van der Waals surface area contributed by atoms with Crippen molar-refractivity contribution >= 4 is 28.8 Å². The zero-order valence-electron chi connectivity index (χ0n) is 9.68. The Morgan fingerprint density at radius 3 is 2.59 bits per heavy atom. The Morgan fingerprint density at radius 2 is 2.06 bits per heavy atom. The third kappa shape index (κ3) is 4.61. The van der Waals surface area contributed by atoms with Crippen molar-refractivity contribution in [3.8, 4) is 0 Å². The number of guanidine groups is 1. The van der Waals surface area contributed by atoms with Crippen LogP contribution in [0.5, 0.6) is 0 Å². The Balaban J connectivity index is 2.46. The van der Waals surface area contributed by atoms with Gasteiger partial charge in [0.25, 0.3) is 0 Å². The molecule has 96 valence electrons. The number of carbonyl (C=O) groups is 1. The first-order chi connectivity index (χ1) is 8.00. The molecule has 0 bridgehead atoms. The van der Waals surface area contributed by atoms with Gasteiger partial charge in [-0.3, -0.25) is 10.2 Å². The molecule has 0 spiro atoms. The van der Waals surface area contributed by atoms with Crippen LogP contribution in [0.3, 0.4) is 0 Å². The molecule has 1 unspecified atom stereocenters. The lowest BCUT2D eigenvalue weighted by atomic mass is 10.3. The van der Waals surface area contributed by atoms with E-state index in [1.54, 1.807) is 11.8 Å². The van der Waals surface area contributed by atoms with Gasteiger partial charge in [0, 0.05) is 13.1 Å². The van der Waals surface area contributed by atoms with E-state index in [1.165, 1.54) is 0 Å². The van der Waals surface area contributed by atoms with Crippen LogP contribution in [0.4, 0.5) is 0 Å². The summed E-state index contributed by atoms with van der Waals surface area (Å²) in [5, 5.41) is 7.05. The van der Waals surface area contributed by atoms with Crippen LogP contribution in [0, 0.1) is 5.41 Å². The molecule has 0 saturated carbocycles. The minimum absolute atomic E-state index is 0.0196. The highest BCUT2D eigenvalue weighted by Gasteiger charge is 2.23. The first kappa shape index (κ1) is 13.8. The molecule has 8 heteroatoms. The number of nitrogens with zero attached hydrogens (tertiary/aromatic N) is 2. The van der Waals surface area contributed by atoms with E-state index in [-0.39, 0.29) is 22.3 Å². The number of hydrogen-bond donors (Lipinski definition) is 3. The minimum Gasteiger partial charge on any atom is -0.378 e. The van der Waals surface area contributed by atoms with Crippen molar-refractivity contribution in [3.05, 3.63) is 0 Å². The number of amidine groups is 1. The smallest absolute Gasteiger partial charge is 0.236 e. The molecule has 1 fully saturated rings. The van der Waals surface area contributed by atoms with Gasteiger partial charge >= 0.3 is 0 Å². The first-order valence-electron chi connectivity index (χ1n) is 5.22. The normalized spacial score (nSPS) is 17.4. The topological polar surface area (TPSA) is 118 Å². The van der Waals surface area contributed by atoms with Crippen LogP contribution < -0.4 is 11.5 Å². The van der Waals surface area contributed by atoms with Gasteiger partial charge < -0.3 is 21.1 Å². The van der Waals surface area contributed by atoms with E-state index >= 15 is 0 Å². The summed E-state index contributed by atoms with van der Waals surface area (Å²) in [6, 6.07) is 0. The van der Waals surface area contributed by atoms with Crippen LogP contribution in [0.25, 0.3) is 0 Å². The fourth-order valence-electron chi connectivity index (χ4n) is 1.40. The summed E-state index contributed by atoms with van der Waals surface area (Å²) in [7, 11) is 0. The maximum Gasteiger partial charge on any atom is 0.236 e. The summed E-state index contributed by atoms with van der Waals surface area (Å²) in [6.07, 6.45) is 0. The minimum atomic E-state index is -0.372. The van der Waals surface area contributed by atoms with E-state index < -0.39 is 0 Å². The van der Waals surface area contributed by atoms with Crippen molar-refractivity contribution in [1.82, 2.24) is 4.90 Å². The molecule has 1 atom stereocenters. The van der Waals surface area contributed by atoms with Crippen molar-refractivity contribution in [3.63, 3.8) is 0 Å². The highest BCUT2D eigenvalue weighted by Crippen LogP contribution is 2.16. The van der Waals surface area contributed by atoms with E-state index in [0.29, 0.717) is 26.3 Å². The molecule has 0 aromatic heterocycles. The molecular formula is C9H17N5O2S. The molecule has 5 N–H and O–H groups in total. The standard InChI is InChI=1S/C9H17N5O2S/c1-6(17-9(12)13-8(10)11)7(15)14-2-4-16-5-3-14/h6H,2-5H2,1H3,(H5,10,11,12,13). The van der Waals surface area contributed by atoms with Crippen LogP contribution in [-0.4, -0.2) is 53.5 Å². The fraction of sp³-hybridized carbons (Fsp3) is 0.667. The van der Waals surface area contributed by atoms with Crippen molar-refractivity contribution in [2.45, 2.75) is 12.2 Å². The van der Waals surface area contributed by atoms with Gasteiger partial charge in [-0.15, -0.1) is 0 Å². The Morgan fingerprint density at radius 1 is 1.47 bits per heavy atom. The lowest BCUT2D eigenvalue weighted by Gasteiger charge is -2.28. The second kappa shape index (κ2) is 6.45. The lowest BCUT2D eigenvalue weighted by molar-refractivity contribution is -0.134. The Kier molecular flexibility index (Phi) is 5.23. The van der Waals surface area contributed by atoms with Crippen molar-refractivity contribution in [1.29, 1.82) is 5.41 Å². The summed E-state index contributed by atoms with van der Waals surface area (Å²) in [5.74, 6) is -0.192. The Bertz CT molecular complexity index is 323. The number of carbonyl (C=O) groups excluding carboxylic acids is 1. The van der Waals surface area contributed by atoms with Gasteiger partial charge in [-0.1, -0.05) is 11.8 Å². The summed E-state index contributed by atoms with van der Waals surface area (Å²) >= 11 is 1.03. The molecule has 0 aromatic rings. The van der Waals surface area contributed by atoms with Gasteiger partial charge in [-0.25, -0.2) is 0 Å². The van der Waals surface area contributed by atoms with Gasteiger partial charge in [0.1, 0.15) is 0 Å². The van der Waals surface area contributed by atoms with Crippen molar-refractivity contribution in [2.24, 2.45) is 16.5 Å². The zero-order valence-corrected chi connectivity index (χ0v) is 10.5. The summed E-state index contributed by atoms with van der Waals surface area (Å²) in [5.41, 5.74) is 10.3. The largest absolute Gasteiger partial charge is 0.378 e. The predicted molar refractivity (Wildman–Crippen MR) is 68.0 cm³/mol. The van der Waals surface area contributed by atoms with Crippen molar-refractivity contribution in [2.75, 3.05) is 26.3 Å². The second-order valence-corrected chi connectivity index (χ2v) is 4.87. The van der Waals surface area contributed by atoms with Crippen LogP contribution in [0.2, 0.25) is 0 Å².